The summed E-state index contributed by atoms with van der Waals surface area (Å²) in [6.45, 7) is 0. The maximum atomic E-state index is 13.6. The predicted octanol–water partition coefficient (Wildman–Crippen LogP) is 4.43. The summed E-state index contributed by atoms with van der Waals surface area (Å²) in [6, 6.07) is 6.11. The molecule has 0 saturated carbocycles. The summed E-state index contributed by atoms with van der Waals surface area (Å²) in [5.74, 6) is -2.62. The van der Waals surface area contributed by atoms with Crippen LogP contribution in [0.4, 0.5) is 8.78 Å². The second-order valence-corrected chi connectivity index (χ2v) is 5.87. The molecular weight excluding hydrogens is 340 g/mol. The van der Waals surface area contributed by atoms with Crippen LogP contribution < -0.4 is 0 Å². The van der Waals surface area contributed by atoms with Crippen molar-refractivity contribution in [2.45, 2.75) is 25.2 Å². The predicted molar refractivity (Wildman–Crippen MR) is 78.3 cm³/mol. The number of benzene rings is 1. The molecule has 0 fully saturated rings. The van der Waals surface area contributed by atoms with Gasteiger partial charge in [-0.05, 0) is 59.0 Å². The Balaban J connectivity index is 2.03. The number of hydrogen-bond donors (Lipinski definition) is 0. The standard InChI is InChI=1S/C16H12BrF2NO/c17-13-10(6-7-12(18)14(13)19)16(21)11-5-1-3-9-4-2-8-20-15(9)11/h2,4,6-8,11H,1,3,5H2. The Hall–Kier alpha value is -1.62. The summed E-state index contributed by atoms with van der Waals surface area (Å²) < 4.78 is 26.7. The second-order valence-electron chi connectivity index (χ2n) is 5.08. The fourth-order valence-electron chi connectivity index (χ4n) is 2.77. The van der Waals surface area contributed by atoms with Gasteiger partial charge in [0.05, 0.1) is 16.1 Å². The number of pyridine rings is 1. The van der Waals surface area contributed by atoms with Crippen molar-refractivity contribution in [3.05, 3.63) is 63.4 Å². The Labute approximate surface area is 129 Å². The van der Waals surface area contributed by atoms with Crippen molar-refractivity contribution in [3.63, 3.8) is 0 Å². The molecule has 108 valence electrons. The molecule has 1 heterocycles. The van der Waals surface area contributed by atoms with E-state index in [0.29, 0.717) is 6.42 Å². The minimum Gasteiger partial charge on any atom is -0.293 e. The normalized spacial score (nSPS) is 17.4. The molecule has 1 aliphatic carbocycles. The number of nitrogens with zero attached hydrogens (tertiary/aromatic N) is 1. The topological polar surface area (TPSA) is 30.0 Å². The Morgan fingerprint density at radius 1 is 1.29 bits per heavy atom. The fraction of sp³-hybridized carbons (Fsp3) is 0.250. The lowest BCUT2D eigenvalue weighted by Crippen LogP contribution is -2.20. The zero-order chi connectivity index (χ0) is 15.0. The van der Waals surface area contributed by atoms with E-state index in [9.17, 15) is 13.6 Å². The first-order valence-corrected chi connectivity index (χ1v) is 7.50. The van der Waals surface area contributed by atoms with Gasteiger partial charge in [-0.25, -0.2) is 8.78 Å². The van der Waals surface area contributed by atoms with Gasteiger partial charge in [-0.15, -0.1) is 0 Å². The van der Waals surface area contributed by atoms with E-state index in [0.717, 1.165) is 30.2 Å². The molecule has 1 unspecified atom stereocenters. The monoisotopic (exact) mass is 351 g/mol. The van der Waals surface area contributed by atoms with Gasteiger partial charge in [-0.1, -0.05) is 6.07 Å². The first kappa shape index (κ1) is 14.3. The number of ketones is 1. The van der Waals surface area contributed by atoms with Crippen molar-refractivity contribution in [2.24, 2.45) is 0 Å². The van der Waals surface area contributed by atoms with Crippen LogP contribution in [0.3, 0.4) is 0 Å². The Bertz CT molecular complexity index is 717. The van der Waals surface area contributed by atoms with Crippen LogP contribution in [0.15, 0.2) is 34.9 Å². The van der Waals surface area contributed by atoms with E-state index in [1.54, 1.807) is 6.20 Å². The molecule has 0 amide bonds. The summed E-state index contributed by atoms with van der Waals surface area (Å²) in [4.78, 5) is 17.0. The summed E-state index contributed by atoms with van der Waals surface area (Å²) in [7, 11) is 0. The van der Waals surface area contributed by atoms with Crippen LogP contribution in [0.2, 0.25) is 0 Å². The molecule has 0 spiro atoms. The van der Waals surface area contributed by atoms with Crippen molar-refractivity contribution >= 4 is 21.7 Å². The van der Waals surface area contributed by atoms with Crippen molar-refractivity contribution in [2.75, 3.05) is 0 Å². The molecule has 3 rings (SSSR count). The Morgan fingerprint density at radius 3 is 2.90 bits per heavy atom. The molecule has 2 aromatic rings. The number of carbonyl (C=O) groups excluding carboxylic acids is 1. The van der Waals surface area contributed by atoms with E-state index in [-0.39, 0.29) is 15.8 Å². The molecular formula is C16H12BrF2NO. The van der Waals surface area contributed by atoms with Gasteiger partial charge in [0.25, 0.3) is 0 Å². The van der Waals surface area contributed by atoms with E-state index >= 15 is 0 Å². The van der Waals surface area contributed by atoms with Crippen LogP contribution in [0, 0.1) is 11.6 Å². The molecule has 0 bridgehead atoms. The summed E-state index contributed by atoms with van der Waals surface area (Å²) >= 11 is 2.98. The highest BCUT2D eigenvalue weighted by atomic mass is 79.9. The van der Waals surface area contributed by atoms with E-state index in [1.165, 1.54) is 6.07 Å². The maximum Gasteiger partial charge on any atom is 0.173 e. The van der Waals surface area contributed by atoms with Crippen molar-refractivity contribution in [1.82, 2.24) is 4.98 Å². The number of aromatic nitrogens is 1. The van der Waals surface area contributed by atoms with Crippen LogP contribution in [-0.4, -0.2) is 10.8 Å². The number of fused-ring (bicyclic) bond motifs is 1. The number of carbonyl (C=O) groups is 1. The minimum atomic E-state index is -1.03. The zero-order valence-corrected chi connectivity index (χ0v) is 12.7. The molecule has 5 heteroatoms. The SMILES string of the molecule is O=C(c1ccc(F)c(F)c1Br)C1CCCc2cccnc21. The van der Waals surface area contributed by atoms with Gasteiger partial charge in [-0.2, -0.15) is 0 Å². The lowest BCUT2D eigenvalue weighted by atomic mass is 9.82. The number of aryl methyl sites for hydroxylation is 1. The number of hydrogen-bond acceptors (Lipinski definition) is 2. The fourth-order valence-corrected chi connectivity index (χ4v) is 3.29. The number of Topliss-reactive ketones (excluding diaryl/α,β-unsaturated/α-hetero) is 1. The van der Waals surface area contributed by atoms with Crippen LogP contribution >= 0.6 is 15.9 Å². The molecule has 1 aromatic carbocycles. The lowest BCUT2D eigenvalue weighted by molar-refractivity contribution is 0.0947. The summed E-state index contributed by atoms with van der Waals surface area (Å²) in [6.07, 6.45) is 4.11. The number of halogens is 3. The van der Waals surface area contributed by atoms with Crippen molar-refractivity contribution in [3.8, 4) is 0 Å². The summed E-state index contributed by atoms with van der Waals surface area (Å²) in [5.41, 5.74) is 1.98. The first-order valence-electron chi connectivity index (χ1n) is 6.71. The molecule has 21 heavy (non-hydrogen) atoms. The highest BCUT2D eigenvalue weighted by Gasteiger charge is 2.30. The third-order valence-electron chi connectivity index (χ3n) is 3.81. The lowest BCUT2D eigenvalue weighted by Gasteiger charge is -2.23. The molecule has 2 nitrogen and oxygen atoms in total. The van der Waals surface area contributed by atoms with Crippen LogP contribution in [0.25, 0.3) is 0 Å². The van der Waals surface area contributed by atoms with Crippen molar-refractivity contribution in [1.29, 1.82) is 0 Å². The van der Waals surface area contributed by atoms with Gasteiger partial charge in [0.1, 0.15) is 0 Å². The van der Waals surface area contributed by atoms with Gasteiger partial charge in [0.2, 0.25) is 0 Å². The van der Waals surface area contributed by atoms with Crippen LogP contribution in [0.5, 0.6) is 0 Å². The molecule has 0 radical (unpaired) electrons. The molecule has 1 aliphatic rings. The van der Waals surface area contributed by atoms with Gasteiger partial charge < -0.3 is 0 Å². The maximum absolute atomic E-state index is 13.6. The summed E-state index contributed by atoms with van der Waals surface area (Å²) in [5, 5.41) is 0. The minimum absolute atomic E-state index is 0.115. The molecule has 0 aliphatic heterocycles. The van der Waals surface area contributed by atoms with Gasteiger partial charge in [0, 0.05) is 11.8 Å². The Kier molecular flexibility index (Phi) is 3.85. The van der Waals surface area contributed by atoms with Crippen LogP contribution in [-0.2, 0) is 6.42 Å². The average Bonchev–Trinajstić information content (AvgIpc) is 2.51. The third kappa shape index (κ3) is 2.50. The second kappa shape index (κ2) is 5.64. The van der Waals surface area contributed by atoms with Gasteiger partial charge in [-0.3, -0.25) is 9.78 Å². The van der Waals surface area contributed by atoms with Crippen LogP contribution in [0.1, 0.15) is 40.4 Å². The zero-order valence-electron chi connectivity index (χ0n) is 11.1. The van der Waals surface area contributed by atoms with E-state index in [4.69, 9.17) is 0 Å². The number of rotatable bonds is 2. The Morgan fingerprint density at radius 2 is 2.10 bits per heavy atom. The average molecular weight is 352 g/mol. The van der Waals surface area contributed by atoms with Gasteiger partial charge >= 0.3 is 0 Å². The van der Waals surface area contributed by atoms with E-state index in [1.807, 2.05) is 12.1 Å². The molecule has 0 saturated heterocycles. The van der Waals surface area contributed by atoms with E-state index < -0.39 is 17.6 Å². The molecule has 0 N–H and O–H groups in total. The largest absolute Gasteiger partial charge is 0.293 e. The molecule has 1 aromatic heterocycles. The third-order valence-corrected chi connectivity index (χ3v) is 4.59. The highest BCUT2D eigenvalue weighted by Crippen LogP contribution is 2.35. The highest BCUT2D eigenvalue weighted by molar-refractivity contribution is 9.10. The quantitative estimate of drug-likeness (QED) is 0.591. The smallest absolute Gasteiger partial charge is 0.173 e. The van der Waals surface area contributed by atoms with Crippen molar-refractivity contribution < 1.29 is 13.6 Å². The van der Waals surface area contributed by atoms with Gasteiger partial charge in [0.15, 0.2) is 17.4 Å². The molecule has 1 atom stereocenters. The van der Waals surface area contributed by atoms with E-state index in [2.05, 4.69) is 20.9 Å². The first-order chi connectivity index (χ1) is 10.1.